The molecule has 0 amide bonds. The maximum absolute atomic E-state index is 5.49. The molecule has 0 unspecified atom stereocenters. The van der Waals surface area contributed by atoms with E-state index in [1.807, 2.05) is 79.7 Å². The molecule has 0 bridgehead atoms. The predicted molar refractivity (Wildman–Crippen MR) is 110 cm³/mol. The van der Waals surface area contributed by atoms with Crippen molar-refractivity contribution >= 4 is 16.7 Å². The van der Waals surface area contributed by atoms with E-state index in [4.69, 9.17) is 4.52 Å². The van der Waals surface area contributed by atoms with Gasteiger partial charge in [0.25, 0.3) is 5.89 Å². The van der Waals surface area contributed by atoms with Gasteiger partial charge in [-0.3, -0.25) is 0 Å². The number of rotatable bonds is 4. The Bertz CT molecular complexity index is 1290. The summed E-state index contributed by atoms with van der Waals surface area (Å²) in [4.78, 5) is 11.2. The first kappa shape index (κ1) is 17.1. The first-order chi connectivity index (χ1) is 14.2. The zero-order valence-electron chi connectivity index (χ0n) is 15.9. The molecule has 8 nitrogen and oxygen atoms in total. The molecule has 0 radical (unpaired) electrons. The topological polar surface area (TPSA) is 85.8 Å². The molecular formula is C21H17N7O. The van der Waals surface area contributed by atoms with Crippen molar-refractivity contribution in [1.29, 1.82) is 0 Å². The SMILES string of the molecule is CN(C)c1cc(-c2noc(-c3cn(-c4ccccc4)nn3)n2)c2ccccc2n1. The van der Waals surface area contributed by atoms with Gasteiger partial charge in [-0.1, -0.05) is 46.8 Å². The monoisotopic (exact) mass is 383 g/mol. The molecule has 0 atom stereocenters. The molecule has 0 spiro atoms. The van der Waals surface area contributed by atoms with E-state index in [2.05, 4.69) is 25.4 Å². The number of nitrogens with zero attached hydrogens (tertiary/aromatic N) is 7. The van der Waals surface area contributed by atoms with E-state index in [9.17, 15) is 0 Å². The van der Waals surface area contributed by atoms with E-state index >= 15 is 0 Å². The van der Waals surface area contributed by atoms with Gasteiger partial charge in [-0.05, 0) is 24.3 Å². The number of aromatic nitrogens is 6. The Kier molecular flexibility index (Phi) is 4.02. The molecule has 0 N–H and O–H groups in total. The first-order valence-corrected chi connectivity index (χ1v) is 9.08. The van der Waals surface area contributed by atoms with Crippen LogP contribution in [-0.4, -0.2) is 44.2 Å². The quantitative estimate of drug-likeness (QED) is 0.469. The summed E-state index contributed by atoms with van der Waals surface area (Å²) in [6, 6.07) is 19.6. The smallest absolute Gasteiger partial charge is 0.280 e. The van der Waals surface area contributed by atoms with Crippen LogP contribution in [0.4, 0.5) is 5.82 Å². The normalized spacial score (nSPS) is 11.1. The fourth-order valence-electron chi connectivity index (χ4n) is 3.08. The van der Waals surface area contributed by atoms with Gasteiger partial charge in [0.15, 0.2) is 5.69 Å². The lowest BCUT2D eigenvalue weighted by molar-refractivity contribution is 0.431. The number of benzene rings is 2. The number of hydrogen-bond donors (Lipinski definition) is 0. The van der Waals surface area contributed by atoms with Gasteiger partial charge >= 0.3 is 0 Å². The maximum atomic E-state index is 5.49. The molecule has 0 saturated carbocycles. The van der Waals surface area contributed by atoms with E-state index in [0.29, 0.717) is 17.4 Å². The highest BCUT2D eigenvalue weighted by Gasteiger charge is 2.17. The summed E-state index contributed by atoms with van der Waals surface area (Å²) >= 11 is 0. The molecule has 29 heavy (non-hydrogen) atoms. The summed E-state index contributed by atoms with van der Waals surface area (Å²) in [6.45, 7) is 0. The summed E-state index contributed by atoms with van der Waals surface area (Å²) in [6.07, 6.45) is 1.77. The van der Waals surface area contributed by atoms with E-state index in [0.717, 1.165) is 28.0 Å². The molecule has 5 rings (SSSR count). The van der Waals surface area contributed by atoms with Crippen molar-refractivity contribution in [3.63, 3.8) is 0 Å². The Hall–Kier alpha value is -4.07. The number of fused-ring (bicyclic) bond motifs is 1. The van der Waals surface area contributed by atoms with E-state index < -0.39 is 0 Å². The van der Waals surface area contributed by atoms with Crippen LogP contribution in [0.15, 0.2) is 71.4 Å². The number of para-hydroxylation sites is 2. The van der Waals surface area contributed by atoms with Gasteiger partial charge < -0.3 is 9.42 Å². The Morgan fingerprint density at radius 2 is 1.72 bits per heavy atom. The third kappa shape index (κ3) is 3.10. The summed E-state index contributed by atoms with van der Waals surface area (Å²) in [5.41, 5.74) is 3.14. The minimum Gasteiger partial charge on any atom is -0.363 e. The van der Waals surface area contributed by atoms with Gasteiger partial charge in [0, 0.05) is 25.0 Å². The molecule has 0 aliphatic heterocycles. The van der Waals surface area contributed by atoms with Crippen LogP contribution in [0.3, 0.4) is 0 Å². The van der Waals surface area contributed by atoms with Crippen molar-refractivity contribution in [3.8, 4) is 28.7 Å². The molecule has 0 saturated heterocycles. The molecule has 3 heterocycles. The van der Waals surface area contributed by atoms with E-state index in [-0.39, 0.29) is 0 Å². The van der Waals surface area contributed by atoms with Gasteiger partial charge in [0.2, 0.25) is 5.82 Å². The fraction of sp³-hybridized carbons (Fsp3) is 0.0952. The summed E-state index contributed by atoms with van der Waals surface area (Å²) in [7, 11) is 3.90. The second-order valence-corrected chi connectivity index (χ2v) is 6.75. The van der Waals surface area contributed by atoms with Crippen molar-refractivity contribution in [2.24, 2.45) is 0 Å². The van der Waals surface area contributed by atoms with Crippen LogP contribution in [0.1, 0.15) is 0 Å². The Morgan fingerprint density at radius 3 is 2.55 bits per heavy atom. The van der Waals surface area contributed by atoms with Crippen LogP contribution >= 0.6 is 0 Å². The fourth-order valence-corrected chi connectivity index (χ4v) is 3.08. The van der Waals surface area contributed by atoms with Gasteiger partial charge in [-0.15, -0.1) is 5.10 Å². The lowest BCUT2D eigenvalue weighted by Gasteiger charge is -2.13. The van der Waals surface area contributed by atoms with Crippen LogP contribution in [0.5, 0.6) is 0 Å². The third-order valence-corrected chi connectivity index (χ3v) is 4.56. The highest BCUT2D eigenvalue weighted by atomic mass is 16.5. The second kappa shape index (κ2) is 6.83. The summed E-state index contributed by atoms with van der Waals surface area (Å²) < 4.78 is 7.16. The Balaban J connectivity index is 1.57. The highest BCUT2D eigenvalue weighted by Crippen LogP contribution is 2.30. The molecule has 0 fully saturated rings. The van der Waals surface area contributed by atoms with Crippen LogP contribution in [0, 0.1) is 0 Å². The van der Waals surface area contributed by atoms with Gasteiger partial charge in [0.05, 0.1) is 17.4 Å². The number of hydrogen-bond acceptors (Lipinski definition) is 7. The second-order valence-electron chi connectivity index (χ2n) is 6.75. The van der Waals surface area contributed by atoms with Crippen molar-refractivity contribution in [2.75, 3.05) is 19.0 Å². The molecule has 8 heteroatoms. The van der Waals surface area contributed by atoms with Crippen LogP contribution in [-0.2, 0) is 0 Å². The molecular weight excluding hydrogens is 366 g/mol. The molecule has 3 aromatic heterocycles. The minimum atomic E-state index is 0.314. The van der Waals surface area contributed by atoms with E-state index in [1.54, 1.807) is 10.9 Å². The zero-order chi connectivity index (χ0) is 19.8. The molecule has 2 aromatic carbocycles. The lowest BCUT2D eigenvalue weighted by atomic mass is 10.1. The van der Waals surface area contributed by atoms with Crippen LogP contribution in [0.2, 0.25) is 0 Å². The third-order valence-electron chi connectivity index (χ3n) is 4.56. The van der Waals surface area contributed by atoms with Crippen molar-refractivity contribution in [1.82, 2.24) is 30.1 Å². The van der Waals surface area contributed by atoms with E-state index in [1.165, 1.54) is 0 Å². The summed E-state index contributed by atoms with van der Waals surface area (Å²) in [5.74, 6) is 1.62. The summed E-state index contributed by atoms with van der Waals surface area (Å²) in [5, 5.41) is 13.5. The largest absolute Gasteiger partial charge is 0.363 e. The standard InChI is InChI=1S/C21H17N7O/c1-27(2)19-12-16(15-10-6-7-11-17(15)22-19)20-23-21(29-25-20)18-13-28(26-24-18)14-8-4-3-5-9-14/h3-13H,1-2H3. The van der Waals surface area contributed by atoms with Gasteiger partial charge in [-0.25, -0.2) is 9.67 Å². The van der Waals surface area contributed by atoms with Crippen molar-refractivity contribution in [3.05, 3.63) is 66.9 Å². The van der Waals surface area contributed by atoms with Gasteiger partial charge in [0.1, 0.15) is 5.82 Å². The molecule has 5 aromatic rings. The Morgan fingerprint density at radius 1 is 0.931 bits per heavy atom. The molecule has 0 aliphatic carbocycles. The average molecular weight is 383 g/mol. The van der Waals surface area contributed by atoms with Crippen molar-refractivity contribution < 1.29 is 4.52 Å². The predicted octanol–water partition coefficient (Wildman–Crippen LogP) is 3.60. The van der Waals surface area contributed by atoms with Gasteiger partial charge in [-0.2, -0.15) is 4.98 Å². The van der Waals surface area contributed by atoms with Crippen LogP contribution < -0.4 is 4.90 Å². The molecule has 142 valence electrons. The Labute approximate surface area is 166 Å². The first-order valence-electron chi connectivity index (χ1n) is 9.08. The highest BCUT2D eigenvalue weighted by molar-refractivity contribution is 5.94. The van der Waals surface area contributed by atoms with Crippen molar-refractivity contribution in [2.45, 2.75) is 0 Å². The molecule has 0 aliphatic rings. The zero-order valence-corrected chi connectivity index (χ0v) is 15.9. The lowest BCUT2D eigenvalue weighted by Crippen LogP contribution is -2.10. The average Bonchev–Trinajstić information content (AvgIpc) is 3.43. The number of pyridine rings is 1. The number of anilines is 1. The van der Waals surface area contributed by atoms with Crippen LogP contribution in [0.25, 0.3) is 39.6 Å². The maximum Gasteiger partial charge on any atom is 0.280 e. The minimum absolute atomic E-state index is 0.314.